The predicted molar refractivity (Wildman–Crippen MR) is 73.5 cm³/mol. The zero-order chi connectivity index (χ0) is 14.7. The minimum absolute atomic E-state index is 0.228. The van der Waals surface area contributed by atoms with E-state index in [-0.39, 0.29) is 11.6 Å². The Kier molecular flexibility index (Phi) is 3.42. The van der Waals surface area contributed by atoms with E-state index in [1.807, 2.05) is 30.3 Å². The topological polar surface area (TPSA) is 92.6 Å². The van der Waals surface area contributed by atoms with Crippen molar-refractivity contribution >= 4 is 5.91 Å². The van der Waals surface area contributed by atoms with Crippen LogP contribution in [-0.4, -0.2) is 48.0 Å². The highest BCUT2D eigenvalue weighted by Gasteiger charge is 2.17. The van der Waals surface area contributed by atoms with Gasteiger partial charge in [0.25, 0.3) is 5.91 Å². The second-order valence-corrected chi connectivity index (χ2v) is 4.48. The predicted octanol–water partition coefficient (Wildman–Crippen LogP) is 0.658. The highest BCUT2D eigenvalue weighted by molar-refractivity contribution is 5.91. The number of hydrogen-bond donors (Lipinski definition) is 1. The molecule has 0 saturated carbocycles. The number of aromatic amines is 1. The minimum Gasteiger partial charge on any atom is -0.333 e. The lowest BCUT2D eigenvalue weighted by molar-refractivity contribution is 0.0776. The summed E-state index contributed by atoms with van der Waals surface area (Å²) in [5.74, 6) is 0.384. The van der Waals surface area contributed by atoms with Crippen molar-refractivity contribution in [2.45, 2.75) is 6.54 Å². The van der Waals surface area contributed by atoms with Crippen molar-refractivity contribution in [3.8, 4) is 5.69 Å². The average Bonchev–Trinajstić information content (AvgIpc) is 3.18. The molecule has 0 saturated heterocycles. The van der Waals surface area contributed by atoms with Crippen LogP contribution in [0.25, 0.3) is 5.69 Å². The Labute approximate surface area is 120 Å². The summed E-state index contributed by atoms with van der Waals surface area (Å²) in [6.07, 6.45) is 3.01. The van der Waals surface area contributed by atoms with Gasteiger partial charge in [0.05, 0.1) is 18.4 Å². The molecule has 8 nitrogen and oxygen atoms in total. The number of amides is 1. The first-order valence-electron chi connectivity index (χ1n) is 6.31. The van der Waals surface area contributed by atoms with E-state index in [0.29, 0.717) is 12.4 Å². The molecule has 0 aliphatic rings. The number of benzene rings is 1. The molecule has 0 spiro atoms. The number of nitrogens with zero attached hydrogens (tertiary/aromatic N) is 6. The summed E-state index contributed by atoms with van der Waals surface area (Å²) >= 11 is 0. The van der Waals surface area contributed by atoms with Crippen LogP contribution in [0.5, 0.6) is 0 Å². The van der Waals surface area contributed by atoms with Crippen LogP contribution in [0.1, 0.15) is 16.3 Å². The van der Waals surface area contributed by atoms with Crippen molar-refractivity contribution in [2.24, 2.45) is 0 Å². The third-order valence-electron chi connectivity index (χ3n) is 2.93. The van der Waals surface area contributed by atoms with E-state index >= 15 is 0 Å². The van der Waals surface area contributed by atoms with Crippen LogP contribution in [0, 0.1) is 0 Å². The van der Waals surface area contributed by atoms with Crippen molar-refractivity contribution in [3.05, 3.63) is 54.4 Å². The Hall–Kier alpha value is -3.03. The molecule has 2 aromatic heterocycles. The Morgan fingerprint density at radius 1 is 1.33 bits per heavy atom. The zero-order valence-corrected chi connectivity index (χ0v) is 11.3. The van der Waals surface area contributed by atoms with Crippen LogP contribution in [0.4, 0.5) is 0 Å². The summed E-state index contributed by atoms with van der Waals surface area (Å²) in [5.41, 5.74) is 1.13. The standard InChI is InChI=1S/C13H13N7O/c1-19(8-12-14-9-15-17-12)13(21)11-7-20(18-16-11)10-5-3-2-4-6-10/h2-7,9H,8H2,1H3,(H,14,15,17). The monoisotopic (exact) mass is 283 g/mol. The highest BCUT2D eigenvalue weighted by atomic mass is 16.2. The van der Waals surface area contributed by atoms with Crippen LogP contribution < -0.4 is 0 Å². The van der Waals surface area contributed by atoms with Crippen molar-refractivity contribution in [2.75, 3.05) is 7.05 Å². The fourth-order valence-electron chi connectivity index (χ4n) is 1.87. The Morgan fingerprint density at radius 2 is 2.14 bits per heavy atom. The number of carbonyl (C=O) groups is 1. The average molecular weight is 283 g/mol. The van der Waals surface area contributed by atoms with E-state index in [2.05, 4.69) is 25.5 Å². The molecule has 0 bridgehead atoms. The maximum Gasteiger partial charge on any atom is 0.276 e. The van der Waals surface area contributed by atoms with Gasteiger partial charge in [0, 0.05) is 7.05 Å². The number of para-hydroxylation sites is 1. The van der Waals surface area contributed by atoms with Gasteiger partial charge in [0.1, 0.15) is 12.2 Å². The first-order chi connectivity index (χ1) is 10.2. The second-order valence-electron chi connectivity index (χ2n) is 4.48. The maximum absolute atomic E-state index is 12.3. The van der Waals surface area contributed by atoms with Crippen molar-refractivity contribution < 1.29 is 4.79 Å². The van der Waals surface area contributed by atoms with Gasteiger partial charge in [-0.1, -0.05) is 23.4 Å². The normalized spacial score (nSPS) is 10.5. The van der Waals surface area contributed by atoms with Gasteiger partial charge in [-0.25, -0.2) is 9.67 Å². The molecule has 3 rings (SSSR count). The summed E-state index contributed by atoms with van der Waals surface area (Å²) in [4.78, 5) is 17.7. The molecular formula is C13H13N7O. The molecule has 1 N–H and O–H groups in total. The quantitative estimate of drug-likeness (QED) is 0.759. The molecule has 3 aromatic rings. The van der Waals surface area contributed by atoms with E-state index in [9.17, 15) is 4.79 Å². The highest BCUT2D eigenvalue weighted by Crippen LogP contribution is 2.08. The van der Waals surface area contributed by atoms with Crippen molar-refractivity contribution in [3.63, 3.8) is 0 Å². The van der Waals surface area contributed by atoms with Gasteiger partial charge in [-0.05, 0) is 12.1 Å². The van der Waals surface area contributed by atoms with Gasteiger partial charge in [-0.2, -0.15) is 5.10 Å². The van der Waals surface area contributed by atoms with Crippen molar-refractivity contribution in [1.29, 1.82) is 0 Å². The van der Waals surface area contributed by atoms with E-state index in [1.165, 1.54) is 11.2 Å². The van der Waals surface area contributed by atoms with Crippen LogP contribution in [-0.2, 0) is 6.54 Å². The molecule has 0 fully saturated rings. The SMILES string of the molecule is CN(Cc1ncn[nH]1)C(=O)c1cn(-c2ccccc2)nn1. The molecule has 106 valence electrons. The largest absolute Gasteiger partial charge is 0.333 e. The van der Waals surface area contributed by atoms with E-state index in [4.69, 9.17) is 0 Å². The first-order valence-corrected chi connectivity index (χ1v) is 6.31. The smallest absolute Gasteiger partial charge is 0.276 e. The molecule has 0 radical (unpaired) electrons. The molecule has 2 heterocycles. The summed E-state index contributed by atoms with van der Waals surface area (Å²) in [6.45, 7) is 0.330. The fourth-order valence-corrected chi connectivity index (χ4v) is 1.87. The van der Waals surface area contributed by atoms with Crippen LogP contribution in [0.15, 0.2) is 42.9 Å². The number of carbonyl (C=O) groups excluding carboxylic acids is 1. The Bertz CT molecular complexity index is 720. The molecule has 0 aliphatic carbocycles. The van der Waals surface area contributed by atoms with Gasteiger partial charge in [0.2, 0.25) is 0 Å². The van der Waals surface area contributed by atoms with Gasteiger partial charge < -0.3 is 4.90 Å². The molecule has 8 heteroatoms. The van der Waals surface area contributed by atoms with E-state index in [0.717, 1.165) is 5.69 Å². The van der Waals surface area contributed by atoms with Crippen LogP contribution in [0.3, 0.4) is 0 Å². The molecule has 0 unspecified atom stereocenters. The number of H-pyrrole nitrogens is 1. The Balaban J connectivity index is 1.75. The first kappa shape index (κ1) is 13.0. The lowest BCUT2D eigenvalue weighted by Crippen LogP contribution is -2.27. The minimum atomic E-state index is -0.228. The molecule has 0 atom stereocenters. The molecular weight excluding hydrogens is 270 g/mol. The lowest BCUT2D eigenvalue weighted by Gasteiger charge is -2.13. The third-order valence-corrected chi connectivity index (χ3v) is 2.93. The summed E-state index contributed by atoms with van der Waals surface area (Å²) < 4.78 is 1.57. The Morgan fingerprint density at radius 3 is 2.86 bits per heavy atom. The molecule has 1 aromatic carbocycles. The number of aromatic nitrogens is 6. The molecule has 21 heavy (non-hydrogen) atoms. The maximum atomic E-state index is 12.3. The van der Waals surface area contributed by atoms with E-state index < -0.39 is 0 Å². The lowest BCUT2D eigenvalue weighted by atomic mass is 10.3. The van der Waals surface area contributed by atoms with Gasteiger partial charge in [-0.3, -0.25) is 9.89 Å². The summed E-state index contributed by atoms with van der Waals surface area (Å²) in [5, 5.41) is 14.3. The van der Waals surface area contributed by atoms with Crippen molar-refractivity contribution in [1.82, 2.24) is 35.1 Å². The zero-order valence-electron chi connectivity index (χ0n) is 11.3. The second kappa shape index (κ2) is 5.53. The molecule has 0 aliphatic heterocycles. The van der Waals surface area contributed by atoms with Gasteiger partial charge in [-0.15, -0.1) is 5.10 Å². The number of hydrogen-bond acceptors (Lipinski definition) is 5. The summed E-state index contributed by atoms with van der Waals surface area (Å²) in [6, 6.07) is 9.49. The number of rotatable bonds is 4. The number of nitrogens with one attached hydrogen (secondary N) is 1. The van der Waals surface area contributed by atoms with Crippen LogP contribution in [0.2, 0.25) is 0 Å². The van der Waals surface area contributed by atoms with Crippen LogP contribution >= 0.6 is 0 Å². The summed E-state index contributed by atoms with van der Waals surface area (Å²) in [7, 11) is 1.67. The molecule has 1 amide bonds. The van der Waals surface area contributed by atoms with Gasteiger partial charge in [0.15, 0.2) is 5.69 Å². The van der Waals surface area contributed by atoms with E-state index in [1.54, 1.807) is 17.9 Å². The fraction of sp³-hybridized carbons (Fsp3) is 0.154. The van der Waals surface area contributed by atoms with Gasteiger partial charge >= 0.3 is 0 Å². The third kappa shape index (κ3) is 2.78.